The first-order valence-corrected chi connectivity index (χ1v) is 6.53. The summed E-state index contributed by atoms with van der Waals surface area (Å²) in [6, 6.07) is 5.40. The van der Waals surface area contributed by atoms with E-state index in [0.29, 0.717) is 12.5 Å². The number of fused-ring (bicyclic) bond motifs is 2. The summed E-state index contributed by atoms with van der Waals surface area (Å²) < 4.78 is 5.66. The van der Waals surface area contributed by atoms with Gasteiger partial charge in [-0.3, -0.25) is 5.32 Å². The Morgan fingerprint density at radius 2 is 2.44 bits per heavy atom. The number of phenols is 1. The molecule has 4 heteroatoms. The van der Waals surface area contributed by atoms with E-state index in [9.17, 15) is 5.11 Å². The number of thioether (sulfide) groups is 1. The molecule has 0 radical (unpaired) electrons. The first-order chi connectivity index (χ1) is 7.70. The van der Waals surface area contributed by atoms with Gasteiger partial charge in [0.1, 0.15) is 23.0 Å². The molecule has 0 aliphatic carbocycles. The second-order valence-electron chi connectivity index (χ2n) is 4.59. The largest absolute Gasteiger partial charge is 0.508 e. The van der Waals surface area contributed by atoms with Gasteiger partial charge in [-0.05, 0) is 23.8 Å². The van der Waals surface area contributed by atoms with Crippen LogP contribution in [0.2, 0.25) is 0 Å². The number of nitrogens with one attached hydrogen (secondary N) is 1. The lowest BCUT2D eigenvalue weighted by atomic mass is 10.1. The molecule has 0 aromatic heterocycles. The molecule has 86 valence electrons. The van der Waals surface area contributed by atoms with E-state index in [2.05, 4.69) is 12.2 Å². The zero-order valence-corrected chi connectivity index (χ0v) is 10.0. The first-order valence-electron chi connectivity index (χ1n) is 5.55. The molecule has 0 saturated carbocycles. The first kappa shape index (κ1) is 10.3. The molecule has 1 aromatic carbocycles. The standard InChI is InChI=1S/C12H15NO2S/c1-8-5-13-12(16-6-8)7-15-11-4-9(14)2-3-10(11)12/h2-4,8,13-14H,5-7H2,1H3. The molecule has 1 saturated heterocycles. The predicted octanol–water partition coefficient (Wildman–Crippen LogP) is 1.91. The van der Waals surface area contributed by atoms with Crippen LogP contribution in [0.15, 0.2) is 18.2 Å². The normalized spacial score (nSPS) is 32.4. The van der Waals surface area contributed by atoms with Gasteiger partial charge in [0.2, 0.25) is 0 Å². The van der Waals surface area contributed by atoms with Gasteiger partial charge in [-0.1, -0.05) is 6.92 Å². The topological polar surface area (TPSA) is 41.5 Å². The van der Waals surface area contributed by atoms with E-state index in [1.807, 2.05) is 17.8 Å². The minimum absolute atomic E-state index is 0.0878. The van der Waals surface area contributed by atoms with Crippen molar-refractivity contribution in [2.24, 2.45) is 5.92 Å². The summed E-state index contributed by atoms with van der Waals surface area (Å²) in [5, 5.41) is 13.0. The highest BCUT2D eigenvalue weighted by Crippen LogP contribution is 2.47. The number of phenolic OH excluding ortho intramolecular Hbond substituents is 1. The van der Waals surface area contributed by atoms with Crippen molar-refractivity contribution in [2.45, 2.75) is 11.8 Å². The van der Waals surface area contributed by atoms with E-state index < -0.39 is 0 Å². The monoisotopic (exact) mass is 237 g/mol. The maximum absolute atomic E-state index is 9.42. The smallest absolute Gasteiger partial charge is 0.129 e. The van der Waals surface area contributed by atoms with Crippen molar-refractivity contribution in [3.8, 4) is 11.5 Å². The van der Waals surface area contributed by atoms with Crippen molar-refractivity contribution >= 4 is 11.8 Å². The van der Waals surface area contributed by atoms with E-state index in [-0.39, 0.29) is 10.6 Å². The van der Waals surface area contributed by atoms with Gasteiger partial charge in [0.25, 0.3) is 0 Å². The van der Waals surface area contributed by atoms with Crippen LogP contribution in [0.5, 0.6) is 11.5 Å². The Kier molecular flexibility index (Phi) is 2.30. The molecule has 2 N–H and O–H groups in total. The zero-order chi connectivity index (χ0) is 11.2. The van der Waals surface area contributed by atoms with Crippen molar-refractivity contribution < 1.29 is 9.84 Å². The maximum atomic E-state index is 9.42. The molecule has 2 unspecified atom stereocenters. The molecule has 3 rings (SSSR count). The fourth-order valence-electron chi connectivity index (χ4n) is 2.22. The number of hydrogen-bond acceptors (Lipinski definition) is 4. The van der Waals surface area contributed by atoms with Gasteiger partial charge in [0, 0.05) is 18.2 Å². The molecule has 2 heterocycles. The highest BCUT2D eigenvalue weighted by molar-refractivity contribution is 8.00. The van der Waals surface area contributed by atoms with Gasteiger partial charge in [-0.2, -0.15) is 0 Å². The van der Waals surface area contributed by atoms with Crippen LogP contribution in [0, 0.1) is 5.92 Å². The molecule has 2 aliphatic heterocycles. The van der Waals surface area contributed by atoms with Gasteiger partial charge < -0.3 is 9.84 Å². The Labute approximate surface area is 99.2 Å². The molecule has 1 spiro atoms. The molecule has 1 fully saturated rings. The van der Waals surface area contributed by atoms with Crippen LogP contribution >= 0.6 is 11.8 Å². The maximum Gasteiger partial charge on any atom is 0.129 e. The Morgan fingerprint density at radius 3 is 3.19 bits per heavy atom. The van der Waals surface area contributed by atoms with Gasteiger partial charge in [0.15, 0.2) is 0 Å². The highest BCUT2D eigenvalue weighted by atomic mass is 32.2. The molecule has 16 heavy (non-hydrogen) atoms. The van der Waals surface area contributed by atoms with Crippen molar-refractivity contribution in [1.82, 2.24) is 5.32 Å². The lowest BCUT2D eigenvalue weighted by Crippen LogP contribution is -2.47. The summed E-state index contributed by atoms with van der Waals surface area (Å²) in [7, 11) is 0. The van der Waals surface area contributed by atoms with E-state index in [1.54, 1.807) is 12.1 Å². The molecule has 0 amide bonds. The second kappa shape index (κ2) is 3.57. The van der Waals surface area contributed by atoms with Gasteiger partial charge in [-0.25, -0.2) is 0 Å². The van der Waals surface area contributed by atoms with Crippen molar-refractivity contribution in [2.75, 3.05) is 18.9 Å². The van der Waals surface area contributed by atoms with Crippen LogP contribution in [0.3, 0.4) is 0 Å². The fourth-order valence-corrected chi connectivity index (χ4v) is 3.56. The third-order valence-electron chi connectivity index (χ3n) is 3.18. The Bertz CT molecular complexity index is 413. The summed E-state index contributed by atoms with van der Waals surface area (Å²) in [4.78, 5) is -0.0878. The number of rotatable bonds is 0. The van der Waals surface area contributed by atoms with Gasteiger partial charge >= 0.3 is 0 Å². The zero-order valence-electron chi connectivity index (χ0n) is 9.19. The molecule has 1 aromatic rings. The van der Waals surface area contributed by atoms with Crippen LogP contribution in [0.4, 0.5) is 0 Å². The van der Waals surface area contributed by atoms with Crippen molar-refractivity contribution in [3.05, 3.63) is 23.8 Å². The van der Waals surface area contributed by atoms with Crippen molar-refractivity contribution in [1.29, 1.82) is 0 Å². The van der Waals surface area contributed by atoms with Gasteiger partial charge in [0.05, 0.1) is 0 Å². The Morgan fingerprint density at radius 1 is 1.56 bits per heavy atom. The molecular weight excluding hydrogens is 222 g/mol. The summed E-state index contributed by atoms with van der Waals surface area (Å²) in [5.74, 6) is 2.94. The van der Waals surface area contributed by atoms with Crippen LogP contribution in [-0.4, -0.2) is 24.0 Å². The Hall–Kier alpha value is -0.870. The molecular formula is C12H15NO2S. The number of hydrogen-bond donors (Lipinski definition) is 2. The minimum Gasteiger partial charge on any atom is -0.508 e. The molecule has 3 nitrogen and oxygen atoms in total. The van der Waals surface area contributed by atoms with E-state index in [4.69, 9.17) is 4.74 Å². The average Bonchev–Trinajstić information content (AvgIpc) is 2.62. The number of ether oxygens (including phenoxy) is 1. The highest BCUT2D eigenvalue weighted by Gasteiger charge is 2.43. The SMILES string of the molecule is CC1CNC2(COc3cc(O)ccc32)SC1. The Balaban J connectivity index is 1.96. The molecule has 0 bridgehead atoms. The van der Waals surface area contributed by atoms with Crippen LogP contribution in [-0.2, 0) is 4.87 Å². The lowest BCUT2D eigenvalue weighted by molar-refractivity contribution is 0.281. The third-order valence-corrected chi connectivity index (χ3v) is 4.89. The quantitative estimate of drug-likeness (QED) is 0.723. The van der Waals surface area contributed by atoms with Crippen LogP contribution in [0.1, 0.15) is 12.5 Å². The summed E-state index contributed by atoms with van der Waals surface area (Å²) in [6.07, 6.45) is 0. The fraction of sp³-hybridized carbons (Fsp3) is 0.500. The second-order valence-corrected chi connectivity index (χ2v) is 5.91. The van der Waals surface area contributed by atoms with E-state index in [1.165, 1.54) is 5.56 Å². The van der Waals surface area contributed by atoms with Gasteiger partial charge in [-0.15, -0.1) is 11.8 Å². The summed E-state index contributed by atoms with van der Waals surface area (Å²) >= 11 is 1.91. The number of aromatic hydroxyl groups is 1. The van der Waals surface area contributed by atoms with E-state index in [0.717, 1.165) is 18.0 Å². The van der Waals surface area contributed by atoms with Crippen LogP contribution in [0.25, 0.3) is 0 Å². The summed E-state index contributed by atoms with van der Waals surface area (Å²) in [5.41, 5.74) is 1.17. The average molecular weight is 237 g/mol. The minimum atomic E-state index is -0.0878. The van der Waals surface area contributed by atoms with E-state index >= 15 is 0 Å². The molecule has 2 aliphatic rings. The predicted molar refractivity (Wildman–Crippen MR) is 64.9 cm³/mol. The van der Waals surface area contributed by atoms with Crippen LogP contribution < -0.4 is 10.1 Å². The lowest BCUT2D eigenvalue weighted by Gasteiger charge is -2.35. The third kappa shape index (κ3) is 1.48. The molecule has 2 atom stereocenters. The summed E-state index contributed by atoms with van der Waals surface area (Å²) in [6.45, 7) is 3.93. The van der Waals surface area contributed by atoms with Crippen molar-refractivity contribution in [3.63, 3.8) is 0 Å². The number of benzene rings is 1.